The zero-order valence-electron chi connectivity index (χ0n) is 23.5. The average molecular weight is 562 g/mol. The number of aryl methyl sites for hydroxylation is 1. The molecule has 0 bridgehead atoms. The summed E-state index contributed by atoms with van der Waals surface area (Å²) >= 11 is 0. The molecule has 2 aromatic heterocycles. The van der Waals surface area contributed by atoms with E-state index in [1.807, 2.05) is 60.8 Å². The first-order chi connectivity index (χ1) is 20.4. The number of pyridine rings is 1. The van der Waals surface area contributed by atoms with Crippen molar-refractivity contribution in [2.24, 2.45) is 11.7 Å². The summed E-state index contributed by atoms with van der Waals surface area (Å²) in [5.41, 5.74) is 14.0. The van der Waals surface area contributed by atoms with Gasteiger partial charge in [0.25, 0.3) is 5.91 Å². The maximum Gasteiger partial charge on any atom is 0.337 e. The minimum Gasteiger partial charge on any atom is -0.478 e. The van der Waals surface area contributed by atoms with E-state index in [1.165, 1.54) is 12.8 Å². The van der Waals surface area contributed by atoms with Crippen molar-refractivity contribution in [3.05, 3.63) is 100 Å². The van der Waals surface area contributed by atoms with Gasteiger partial charge >= 0.3 is 5.97 Å². The number of carboxylic acid groups (broad SMARTS) is 1. The van der Waals surface area contributed by atoms with Crippen LogP contribution in [0.4, 0.5) is 0 Å². The third kappa shape index (κ3) is 4.80. The summed E-state index contributed by atoms with van der Waals surface area (Å²) in [5, 5.41) is 13.4. The number of aromatic nitrogens is 2. The maximum absolute atomic E-state index is 12.9. The van der Waals surface area contributed by atoms with Crippen molar-refractivity contribution in [1.82, 2.24) is 20.2 Å². The Hall–Kier alpha value is -4.27. The number of nitrogens with zero attached hydrogens (tertiary/aromatic N) is 2. The van der Waals surface area contributed by atoms with Crippen LogP contribution in [0.1, 0.15) is 55.9 Å². The second-order valence-corrected chi connectivity index (χ2v) is 12.1. The molecule has 1 saturated carbocycles. The van der Waals surface area contributed by atoms with Crippen LogP contribution in [0.2, 0.25) is 0 Å². The largest absolute Gasteiger partial charge is 0.478 e. The van der Waals surface area contributed by atoms with Crippen molar-refractivity contribution in [3.8, 4) is 22.5 Å². The number of carbonyl (C=O) groups excluding carboxylic acids is 1. The van der Waals surface area contributed by atoms with Gasteiger partial charge in [0.2, 0.25) is 0 Å². The van der Waals surface area contributed by atoms with Gasteiger partial charge in [-0.3, -0.25) is 9.78 Å². The molecular formula is C34H35N5O3. The van der Waals surface area contributed by atoms with Gasteiger partial charge in [-0.15, -0.1) is 0 Å². The topological polar surface area (TPSA) is 124 Å². The first-order valence-electron chi connectivity index (χ1n) is 14.8. The number of H-pyrrole nitrogens is 1. The number of carbonyl (C=O) groups is 2. The van der Waals surface area contributed by atoms with Crippen molar-refractivity contribution < 1.29 is 14.7 Å². The van der Waals surface area contributed by atoms with E-state index in [2.05, 4.69) is 15.2 Å². The minimum absolute atomic E-state index is 0.149. The standard InChI is InChI=1S/C34H35N5O3/c35-18-34(19-39(20-34)17-22-9-10-22)31-29(33(41)42)26-12-11-25-16-36-28(14-27(25)30(26)38-31)23-7-4-8-24(13-23)32(40)37-15-21-5-2-1-3-6-21/h1-8,13-14,16,22,38H,9-12,15,17-20,35H2,(H,37,40)(H,41,42). The lowest BCUT2D eigenvalue weighted by atomic mass is 9.74. The molecule has 2 aromatic carbocycles. The van der Waals surface area contributed by atoms with Gasteiger partial charge in [-0.05, 0) is 66.5 Å². The second kappa shape index (κ2) is 10.5. The smallest absolute Gasteiger partial charge is 0.337 e. The highest BCUT2D eigenvalue weighted by Crippen LogP contribution is 2.44. The van der Waals surface area contributed by atoms with Gasteiger partial charge in [0.15, 0.2) is 0 Å². The number of hydrogen-bond acceptors (Lipinski definition) is 5. The van der Waals surface area contributed by atoms with Crippen LogP contribution in [0.3, 0.4) is 0 Å². The van der Waals surface area contributed by atoms with Gasteiger partial charge in [0, 0.05) is 66.7 Å². The Labute approximate surface area is 245 Å². The van der Waals surface area contributed by atoms with E-state index in [0.29, 0.717) is 30.6 Å². The van der Waals surface area contributed by atoms with Gasteiger partial charge in [0.1, 0.15) is 0 Å². The zero-order chi connectivity index (χ0) is 28.8. The lowest BCUT2D eigenvalue weighted by Gasteiger charge is -2.50. The Morgan fingerprint density at radius 3 is 2.62 bits per heavy atom. The molecule has 0 spiro atoms. The molecule has 2 aliphatic carbocycles. The molecule has 0 unspecified atom stereocenters. The normalized spacial score (nSPS) is 17.2. The number of amides is 1. The van der Waals surface area contributed by atoms with Crippen molar-refractivity contribution in [3.63, 3.8) is 0 Å². The average Bonchev–Trinajstić information content (AvgIpc) is 3.73. The van der Waals surface area contributed by atoms with Crippen LogP contribution in [0, 0.1) is 5.92 Å². The lowest BCUT2D eigenvalue weighted by molar-refractivity contribution is 0.0581. The Morgan fingerprint density at radius 2 is 1.88 bits per heavy atom. The fraction of sp³-hybridized carbons (Fsp3) is 0.324. The number of carboxylic acids is 1. The summed E-state index contributed by atoms with van der Waals surface area (Å²) in [5.74, 6) is -0.268. The van der Waals surface area contributed by atoms with Crippen LogP contribution in [-0.4, -0.2) is 58.0 Å². The third-order valence-corrected chi connectivity index (χ3v) is 9.12. The van der Waals surface area contributed by atoms with E-state index in [1.54, 1.807) is 6.07 Å². The summed E-state index contributed by atoms with van der Waals surface area (Å²) in [6.07, 6.45) is 5.83. The molecule has 0 radical (unpaired) electrons. The second-order valence-electron chi connectivity index (χ2n) is 12.1. The number of benzene rings is 2. The van der Waals surface area contributed by atoms with Gasteiger partial charge in [0.05, 0.1) is 17.0 Å². The molecule has 3 aliphatic rings. The zero-order valence-corrected chi connectivity index (χ0v) is 23.5. The maximum atomic E-state index is 12.9. The first-order valence-corrected chi connectivity index (χ1v) is 14.8. The van der Waals surface area contributed by atoms with Crippen LogP contribution in [0.25, 0.3) is 22.5 Å². The highest BCUT2D eigenvalue weighted by atomic mass is 16.4. The molecule has 1 amide bonds. The van der Waals surface area contributed by atoms with Crippen LogP contribution in [0.15, 0.2) is 66.9 Å². The summed E-state index contributed by atoms with van der Waals surface area (Å²) in [4.78, 5) is 36.3. The first kappa shape index (κ1) is 26.6. The van der Waals surface area contributed by atoms with Gasteiger partial charge in [-0.25, -0.2) is 4.79 Å². The van der Waals surface area contributed by atoms with Crippen molar-refractivity contribution in [2.75, 3.05) is 26.2 Å². The molecule has 8 nitrogen and oxygen atoms in total. The quantitative estimate of drug-likeness (QED) is 0.240. The Morgan fingerprint density at radius 1 is 1.07 bits per heavy atom. The summed E-state index contributed by atoms with van der Waals surface area (Å²) < 4.78 is 0. The van der Waals surface area contributed by atoms with Gasteiger partial charge < -0.3 is 26.0 Å². The predicted molar refractivity (Wildman–Crippen MR) is 161 cm³/mol. The minimum atomic E-state index is -0.900. The number of fused-ring (bicyclic) bond motifs is 3. The molecule has 3 heterocycles. The predicted octanol–water partition coefficient (Wildman–Crippen LogP) is 4.39. The summed E-state index contributed by atoms with van der Waals surface area (Å²) in [7, 11) is 0. The number of rotatable bonds is 9. The molecule has 214 valence electrons. The van der Waals surface area contributed by atoms with E-state index >= 15 is 0 Å². The fourth-order valence-corrected chi connectivity index (χ4v) is 6.68. The molecule has 4 aromatic rings. The van der Waals surface area contributed by atoms with E-state index in [0.717, 1.165) is 76.9 Å². The number of nitrogens with two attached hydrogens (primary N) is 1. The molecule has 2 fully saturated rings. The molecule has 1 saturated heterocycles. The molecule has 42 heavy (non-hydrogen) atoms. The number of aromatic carboxylic acids is 1. The van der Waals surface area contributed by atoms with Gasteiger partial charge in [-0.2, -0.15) is 0 Å². The summed E-state index contributed by atoms with van der Waals surface area (Å²) in [6.45, 7) is 3.50. The molecule has 1 aliphatic heterocycles. The van der Waals surface area contributed by atoms with Gasteiger partial charge in [-0.1, -0.05) is 42.5 Å². The Bertz CT molecular complexity index is 1670. The van der Waals surface area contributed by atoms with Crippen LogP contribution in [-0.2, 0) is 24.8 Å². The molecule has 8 heteroatoms. The van der Waals surface area contributed by atoms with E-state index in [4.69, 9.17) is 10.7 Å². The highest BCUT2D eigenvalue weighted by Gasteiger charge is 2.48. The van der Waals surface area contributed by atoms with Crippen LogP contribution < -0.4 is 11.1 Å². The monoisotopic (exact) mass is 561 g/mol. The Kier molecular flexibility index (Phi) is 6.67. The summed E-state index contributed by atoms with van der Waals surface area (Å²) in [6, 6.07) is 19.3. The number of hydrogen-bond donors (Lipinski definition) is 4. The van der Waals surface area contributed by atoms with E-state index in [9.17, 15) is 14.7 Å². The van der Waals surface area contributed by atoms with Crippen LogP contribution in [0.5, 0.6) is 0 Å². The molecule has 7 rings (SSSR count). The number of likely N-dealkylation sites (tertiary alicyclic amines) is 1. The van der Waals surface area contributed by atoms with Crippen molar-refractivity contribution in [1.29, 1.82) is 0 Å². The van der Waals surface area contributed by atoms with Crippen molar-refractivity contribution >= 4 is 11.9 Å². The highest BCUT2D eigenvalue weighted by molar-refractivity contribution is 5.96. The molecule has 5 N–H and O–H groups in total. The number of nitrogens with one attached hydrogen (secondary N) is 2. The molecule has 0 atom stereocenters. The fourth-order valence-electron chi connectivity index (χ4n) is 6.68. The van der Waals surface area contributed by atoms with Crippen molar-refractivity contribution in [2.45, 2.75) is 37.6 Å². The van der Waals surface area contributed by atoms with Crippen LogP contribution >= 0.6 is 0 Å². The van der Waals surface area contributed by atoms with E-state index < -0.39 is 5.97 Å². The van der Waals surface area contributed by atoms with E-state index in [-0.39, 0.29) is 11.3 Å². The molecular weight excluding hydrogens is 526 g/mol. The number of aromatic amines is 1. The third-order valence-electron chi connectivity index (χ3n) is 9.12. The lowest BCUT2D eigenvalue weighted by Crippen LogP contribution is -2.63. The Balaban J connectivity index is 1.19. The SMILES string of the molecule is NCC1(c2[nH]c3c(c2C(=O)O)CCc2cnc(-c4cccc(C(=O)NCc5ccccc5)c4)cc2-3)CN(CC2CC2)C1.